The number of aliphatic hydroxyl groups excluding tert-OH is 7. The molecule has 2 heterocycles. The summed E-state index contributed by atoms with van der Waals surface area (Å²) < 4.78 is 23.2. The molecule has 20 N–H and O–H groups in total. The van der Waals surface area contributed by atoms with Crippen LogP contribution in [-0.4, -0.2) is 166 Å². The largest absolute Gasteiger partial charge is 0.394 e. The van der Waals surface area contributed by atoms with E-state index in [0.717, 1.165) is 0 Å². The number of hydrogen-bond acceptors (Lipinski definition) is 17. The highest BCUT2D eigenvalue weighted by atomic mass is 16.7. The van der Waals surface area contributed by atoms with Gasteiger partial charge in [-0.15, -0.1) is 0 Å². The molecule has 3 fully saturated rings. The van der Waals surface area contributed by atoms with Crippen LogP contribution in [0.1, 0.15) is 6.42 Å². The van der Waals surface area contributed by atoms with Gasteiger partial charge in [0.2, 0.25) is 0 Å². The fraction of sp³-hybridized carbons (Fsp3) is 0.955. The Morgan fingerprint density at radius 1 is 0.902 bits per heavy atom. The fourth-order valence-corrected chi connectivity index (χ4v) is 5.28. The molecular formula is C22H46N8O11. The molecule has 41 heavy (non-hydrogen) atoms. The van der Waals surface area contributed by atoms with Crippen LogP contribution in [-0.2, 0) is 18.9 Å². The van der Waals surface area contributed by atoms with Crippen molar-refractivity contribution in [3.05, 3.63) is 0 Å². The summed E-state index contributed by atoms with van der Waals surface area (Å²) in [5.41, 5.74) is 28.9. The molecule has 19 heteroatoms. The fourth-order valence-electron chi connectivity index (χ4n) is 5.28. The maximum Gasteiger partial charge on any atom is 0.186 e. The number of rotatable bonds is 11. The molecule has 0 amide bonds. The molecule has 0 aromatic carbocycles. The lowest BCUT2D eigenvalue weighted by Crippen LogP contribution is -2.70. The minimum absolute atomic E-state index is 0.00381. The van der Waals surface area contributed by atoms with Crippen molar-refractivity contribution < 1.29 is 54.7 Å². The Balaban J connectivity index is 1.86. The molecule has 0 spiro atoms. The molecule has 240 valence electrons. The molecule has 3 aliphatic rings. The van der Waals surface area contributed by atoms with Crippen LogP contribution in [0.25, 0.3) is 0 Å². The molecule has 2 aliphatic heterocycles. The van der Waals surface area contributed by atoms with Gasteiger partial charge in [0.05, 0.1) is 18.8 Å². The molecule has 1 saturated carbocycles. The highest BCUT2D eigenvalue weighted by molar-refractivity contribution is 5.74. The summed E-state index contributed by atoms with van der Waals surface area (Å²) in [4.78, 5) is 0. The van der Waals surface area contributed by atoms with Crippen molar-refractivity contribution in [2.24, 2.45) is 28.7 Å². The van der Waals surface area contributed by atoms with E-state index >= 15 is 0 Å². The average molecular weight is 599 g/mol. The van der Waals surface area contributed by atoms with Crippen LogP contribution in [0.5, 0.6) is 0 Å². The molecular weight excluding hydrogens is 552 g/mol. The van der Waals surface area contributed by atoms with E-state index in [1.807, 2.05) is 0 Å². The normalized spacial score (nSPS) is 46.2. The van der Waals surface area contributed by atoms with E-state index in [-0.39, 0.29) is 26.1 Å². The Kier molecular flexibility index (Phi) is 12.4. The molecule has 0 aromatic rings. The summed E-state index contributed by atoms with van der Waals surface area (Å²) >= 11 is 0. The second kappa shape index (κ2) is 14.9. The number of ether oxygens (including phenoxy) is 4. The zero-order valence-corrected chi connectivity index (χ0v) is 22.4. The second-order valence-corrected chi connectivity index (χ2v) is 10.6. The topological polar surface area (TPSA) is 357 Å². The predicted molar refractivity (Wildman–Crippen MR) is 139 cm³/mol. The van der Waals surface area contributed by atoms with Crippen LogP contribution in [0.2, 0.25) is 0 Å². The van der Waals surface area contributed by atoms with Gasteiger partial charge in [-0.25, -0.2) is 0 Å². The molecule has 1 aliphatic carbocycles. The lowest BCUT2D eigenvalue weighted by atomic mass is 9.83. The van der Waals surface area contributed by atoms with Gasteiger partial charge in [-0.3, -0.25) is 5.41 Å². The minimum atomic E-state index is -1.57. The van der Waals surface area contributed by atoms with Gasteiger partial charge < -0.3 is 94.0 Å². The average Bonchev–Trinajstić information content (AvgIpc) is 2.94. The first-order valence-corrected chi connectivity index (χ1v) is 13.4. The molecule has 0 aromatic heterocycles. The summed E-state index contributed by atoms with van der Waals surface area (Å²) in [6.07, 6.45) is -16.0. The van der Waals surface area contributed by atoms with E-state index in [1.54, 1.807) is 0 Å². The first-order valence-electron chi connectivity index (χ1n) is 13.4. The van der Waals surface area contributed by atoms with Gasteiger partial charge in [0.25, 0.3) is 0 Å². The van der Waals surface area contributed by atoms with Crippen LogP contribution in [0.15, 0.2) is 0 Å². The Hall–Kier alpha value is -1.37. The van der Waals surface area contributed by atoms with Gasteiger partial charge in [0.15, 0.2) is 18.5 Å². The third kappa shape index (κ3) is 7.78. The Bertz CT molecular complexity index is 836. The molecule has 0 bridgehead atoms. The minimum Gasteiger partial charge on any atom is -0.394 e. The monoisotopic (exact) mass is 598 g/mol. The van der Waals surface area contributed by atoms with Crippen molar-refractivity contribution in [3.8, 4) is 0 Å². The third-order valence-electron chi connectivity index (χ3n) is 7.68. The van der Waals surface area contributed by atoms with Crippen LogP contribution >= 0.6 is 0 Å². The molecule has 2 saturated heterocycles. The highest BCUT2D eigenvalue weighted by Crippen LogP contribution is 2.32. The predicted octanol–water partition coefficient (Wildman–Crippen LogP) is -8.85. The number of guanidine groups is 1. The number of aliphatic hydroxyl groups is 7. The van der Waals surface area contributed by atoms with Gasteiger partial charge in [0.1, 0.15) is 61.0 Å². The maximum atomic E-state index is 11.5. The van der Waals surface area contributed by atoms with Gasteiger partial charge in [-0.1, -0.05) is 0 Å². The lowest BCUT2D eigenvalue weighted by Gasteiger charge is -2.49. The van der Waals surface area contributed by atoms with E-state index in [0.29, 0.717) is 0 Å². The number of hydrogen-bond donors (Lipinski definition) is 15. The summed E-state index contributed by atoms with van der Waals surface area (Å²) in [5, 5.41) is 86.0. The van der Waals surface area contributed by atoms with E-state index in [1.165, 1.54) is 0 Å². The standard InChI is InChI=1S/C22H46N8O11/c23-2-6(32)4-29-8-1-7(25)18(40-20-12(30-22(27)28)16(36)14(34)9(3-24)38-20)17(37)19(8)41-21-15(35)11(26)13(33)10(5-31)39-21/h6-21,29,31-37H,1-5,23-26H2,(H4,27,28,30)/t6?,7-,8+,9+,10+,11-,12+,13+,14+,15+,16+,17-,18?,19-,20+,21+/m0/s1. The lowest BCUT2D eigenvalue weighted by molar-refractivity contribution is -0.320. The maximum absolute atomic E-state index is 11.5. The zero-order chi connectivity index (χ0) is 30.6. The van der Waals surface area contributed by atoms with Crippen LogP contribution < -0.4 is 39.3 Å². The number of nitrogens with two attached hydrogens (primary N) is 5. The molecule has 19 nitrogen and oxygen atoms in total. The zero-order valence-electron chi connectivity index (χ0n) is 22.4. The summed E-state index contributed by atoms with van der Waals surface area (Å²) in [7, 11) is 0. The molecule has 2 unspecified atom stereocenters. The SMILES string of the molecule is N=C(N)N[C@H]1[C@@H](OC2[C@@H](N)C[C@@H](NCC(O)CN)[C@H](O[C@H]3O[C@H](CO)[C@@H](O)[C@H](N)[C@H]3O)[C@H]2O)O[C@H](CN)[C@@H](O)[C@@H]1O. The van der Waals surface area contributed by atoms with Crippen molar-refractivity contribution in [1.82, 2.24) is 10.6 Å². The Labute approximate surface area is 236 Å². The summed E-state index contributed by atoms with van der Waals surface area (Å²) in [6, 6.07) is -4.16. The summed E-state index contributed by atoms with van der Waals surface area (Å²) in [5.74, 6) is -0.553. The van der Waals surface area contributed by atoms with Crippen molar-refractivity contribution in [1.29, 1.82) is 5.41 Å². The van der Waals surface area contributed by atoms with Crippen molar-refractivity contribution in [3.63, 3.8) is 0 Å². The molecule has 0 radical (unpaired) electrons. The van der Waals surface area contributed by atoms with Crippen molar-refractivity contribution >= 4 is 5.96 Å². The smallest absolute Gasteiger partial charge is 0.186 e. The van der Waals surface area contributed by atoms with E-state index in [4.69, 9.17) is 53.0 Å². The first-order chi connectivity index (χ1) is 19.3. The van der Waals surface area contributed by atoms with Gasteiger partial charge in [-0.2, -0.15) is 0 Å². The van der Waals surface area contributed by atoms with Crippen molar-refractivity contribution in [2.75, 3.05) is 26.2 Å². The van der Waals surface area contributed by atoms with Gasteiger partial charge >= 0.3 is 0 Å². The van der Waals surface area contributed by atoms with E-state index in [9.17, 15) is 35.7 Å². The van der Waals surface area contributed by atoms with E-state index < -0.39 is 110 Å². The third-order valence-corrected chi connectivity index (χ3v) is 7.68. The van der Waals surface area contributed by atoms with E-state index in [2.05, 4.69) is 10.6 Å². The van der Waals surface area contributed by atoms with Gasteiger partial charge in [0, 0.05) is 31.7 Å². The molecule has 16 atom stereocenters. The second-order valence-electron chi connectivity index (χ2n) is 10.6. The van der Waals surface area contributed by atoms with Crippen LogP contribution in [0.4, 0.5) is 0 Å². The van der Waals surface area contributed by atoms with Crippen molar-refractivity contribution in [2.45, 2.75) is 104 Å². The summed E-state index contributed by atoms with van der Waals surface area (Å²) in [6.45, 7) is -0.882. The molecule has 3 rings (SSSR count). The first kappa shape index (κ1) is 34.1. The Morgan fingerprint density at radius 2 is 1.54 bits per heavy atom. The quantitative estimate of drug-likeness (QED) is 0.0774. The van der Waals surface area contributed by atoms with Crippen LogP contribution in [0, 0.1) is 5.41 Å². The van der Waals surface area contributed by atoms with Gasteiger partial charge in [-0.05, 0) is 6.42 Å². The highest BCUT2D eigenvalue weighted by Gasteiger charge is 2.52. The number of nitrogens with one attached hydrogen (secondary N) is 3. The van der Waals surface area contributed by atoms with Crippen LogP contribution in [0.3, 0.4) is 0 Å². The Morgan fingerprint density at radius 3 is 2.12 bits per heavy atom.